The van der Waals surface area contributed by atoms with Gasteiger partial charge in [0.15, 0.2) is 0 Å². The fourth-order valence-electron chi connectivity index (χ4n) is 7.56. The second kappa shape index (κ2) is 8.59. The van der Waals surface area contributed by atoms with Gasteiger partial charge in [-0.15, -0.1) is 0 Å². The normalized spacial score (nSPS) is 27.4. The number of aliphatic carboxylic acids is 1. The third kappa shape index (κ3) is 3.21. The van der Waals surface area contributed by atoms with E-state index in [1.165, 1.54) is 5.56 Å². The van der Waals surface area contributed by atoms with Gasteiger partial charge in [-0.3, -0.25) is 9.59 Å². The van der Waals surface area contributed by atoms with Crippen molar-refractivity contribution in [3.63, 3.8) is 0 Å². The van der Waals surface area contributed by atoms with Gasteiger partial charge < -0.3 is 14.7 Å². The van der Waals surface area contributed by atoms with Crippen LogP contribution in [0, 0.1) is 11.3 Å². The number of carboxylic acids is 1. The average molecular weight is 558 g/mol. The molecule has 4 unspecified atom stereocenters. The van der Waals surface area contributed by atoms with Crippen LogP contribution in [0.3, 0.4) is 0 Å². The Labute approximate surface area is 224 Å². The third-order valence-electron chi connectivity index (χ3n) is 9.07. The van der Waals surface area contributed by atoms with Crippen LogP contribution in [0.5, 0.6) is 5.75 Å². The van der Waals surface area contributed by atoms with Gasteiger partial charge in [-0.05, 0) is 47.7 Å². The highest BCUT2D eigenvalue weighted by atomic mass is 79.9. The lowest BCUT2D eigenvalue weighted by atomic mass is 9.42. The number of hydrogen-bond acceptors (Lipinski definition) is 3. The number of para-hydroxylation sites is 1. The number of methoxy groups -OCH3 is 1. The Morgan fingerprint density at radius 3 is 2.49 bits per heavy atom. The summed E-state index contributed by atoms with van der Waals surface area (Å²) in [5.41, 5.74) is 2.79. The summed E-state index contributed by atoms with van der Waals surface area (Å²) in [4.78, 5) is 28.9. The maximum Gasteiger partial charge on any atom is 0.312 e. The maximum atomic E-state index is 13.9. The van der Waals surface area contributed by atoms with E-state index in [2.05, 4.69) is 46.8 Å². The van der Waals surface area contributed by atoms with E-state index in [4.69, 9.17) is 4.74 Å². The van der Waals surface area contributed by atoms with Gasteiger partial charge in [-0.25, -0.2) is 0 Å². The van der Waals surface area contributed by atoms with Gasteiger partial charge in [-0.2, -0.15) is 0 Å². The highest BCUT2D eigenvalue weighted by molar-refractivity contribution is 9.10. The Balaban J connectivity index is 1.49. The molecule has 1 aliphatic heterocycles. The fraction of sp³-hybridized carbons (Fsp3) is 0.290. The number of nitrogens with zero attached hydrogens (tertiary/aromatic N) is 1. The van der Waals surface area contributed by atoms with Crippen LogP contribution < -0.4 is 4.74 Å². The molecule has 3 aliphatic carbocycles. The van der Waals surface area contributed by atoms with Gasteiger partial charge in [0.25, 0.3) is 5.91 Å². The first-order valence-electron chi connectivity index (χ1n) is 12.5. The van der Waals surface area contributed by atoms with E-state index in [9.17, 15) is 14.7 Å². The summed E-state index contributed by atoms with van der Waals surface area (Å²) in [6, 6.07) is 23.9. The van der Waals surface area contributed by atoms with Crippen molar-refractivity contribution in [3.8, 4) is 5.75 Å². The lowest BCUT2D eigenvalue weighted by molar-refractivity contribution is -0.157. The molecular weight excluding hydrogens is 530 g/mol. The van der Waals surface area contributed by atoms with Crippen molar-refractivity contribution in [1.29, 1.82) is 0 Å². The lowest BCUT2D eigenvalue weighted by Crippen LogP contribution is -2.60. The molecule has 5 nitrogen and oxygen atoms in total. The van der Waals surface area contributed by atoms with Crippen LogP contribution in [0.15, 0.2) is 83.8 Å². The average Bonchev–Trinajstić information content (AvgIpc) is 3.37. The molecule has 1 heterocycles. The summed E-state index contributed by atoms with van der Waals surface area (Å²) in [6.07, 6.45) is 1.62. The predicted molar refractivity (Wildman–Crippen MR) is 146 cm³/mol. The van der Waals surface area contributed by atoms with Crippen molar-refractivity contribution in [1.82, 2.24) is 4.90 Å². The molecular formula is C31H28BrNO4. The van der Waals surface area contributed by atoms with Gasteiger partial charge in [0.1, 0.15) is 5.75 Å². The minimum atomic E-state index is -1.07. The Morgan fingerprint density at radius 1 is 1.05 bits per heavy atom. The maximum absolute atomic E-state index is 13.9. The Hall–Kier alpha value is -3.38. The van der Waals surface area contributed by atoms with E-state index in [-0.39, 0.29) is 24.3 Å². The largest absolute Gasteiger partial charge is 0.496 e. The smallest absolute Gasteiger partial charge is 0.312 e. The molecule has 37 heavy (non-hydrogen) atoms. The molecule has 1 amide bonds. The van der Waals surface area contributed by atoms with Gasteiger partial charge in [0.2, 0.25) is 0 Å². The van der Waals surface area contributed by atoms with E-state index >= 15 is 0 Å². The van der Waals surface area contributed by atoms with E-state index in [0.29, 0.717) is 23.4 Å². The van der Waals surface area contributed by atoms with E-state index in [0.717, 1.165) is 28.4 Å². The zero-order valence-electron chi connectivity index (χ0n) is 20.6. The molecule has 2 fully saturated rings. The van der Waals surface area contributed by atoms with E-state index in [1.807, 2.05) is 42.5 Å². The molecule has 2 bridgehead atoms. The Kier molecular flexibility index (Phi) is 5.57. The number of carbonyl (C=O) groups excluding carboxylic acids is 1. The molecule has 1 N–H and O–H groups in total. The van der Waals surface area contributed by atoms with Crippen LogP contribution in [-0.4, -0.2) is 42.1 Å². The molecule has 0 radical (unpaired) electrons. The van der Waals surface area contributed by atoms with Gasteiger partial charge in [0.05, 0.1) is 12.5 Å². The number of halogens is 1. The SMILES string of the molecule is C=C(C(=O)N1CC2C3(c4ccc(Br)cc4)CCC(c4ccccc43)C2(C(=O)O)C1)c1ccccc1OC. The summed E-state index contributed by atoms with van der Waals surface area (Å²) in [5.74, 6) is -0.905. The Bertz CT molecular complexity index is 1430. The quantitative estimate of drug-likeness (QED) is 0.398. The van der Waals surface area contributed by atoms with E-state index in [1.54, 1.807) is 18.1 Å². The number of fused-ring (bicyclic) bond motifs is 1. The zero-order valence-corrected chi connectivity index (χ0v) is 22.2. The monoisotopic (exact) mass is 557 g/mol. The topological polar surface area (TPSA) is 66.8 Å². The highest BCUT2D eigenvalue weighted by Gasteiger charge is 2.70. The van der Waals surface area contributed by atoms with Crippen LogP contribution in [0.1, 0.15) is 41.0 Å². The molecule has 1 saturated heterocycles. The first-order chi connectivity index (χ1) is 17.8. The van der Waals surface area contributed by atoms with Crippen molar-refractivity contribution >= 4 is 33.4 Å². The molecule has 6 heteroatoms. The molecule has 3 aromatic rings. The summed E-state index contributed by atoms with van der Waals surface area (Å²) < 4.78 is 6.45. The summed E-state index contributed by atoms with van der Waals surface area (Å²) >= 11 is 3.55. The van der Waals surface area contributed by atoms with Crippen molar-refractivity contribution in [2.24, 2.45) is 11.3 Å². The molecule has 4 atom stereocenters. The van der Waals surface area contributed by atoms with Gasteiger partial charge in [-0.1, -0.05) is 77.1 Å². The van der Waals surface area contributed by atoms with Crippen LogP contribution in [0.2, 0.25) is 0 Å². The van der Waals surface area contributed by atoms with Crippen molar-refractivity contribution in [2.45, 2.75) is 24.2 Å². The number of rotatable bonds is 5. The number of carbonyl (C=O) groups is 2. The minimum absolute atomic E-state index is 0.152. The third-order valence-corrected chi connectivity index (χ3v) is 9.60. The molecule has 0 spiro atoms. The first-order valence-corrected chi connectivity index (χ1v) is 13.3. The van der Waals surface area contributed by atoms with Crippen molar-refractivity contribution in [3.05, 3.63) is 106 Å². The molecule has 4 aliphatic rings. The van der Waals surface area contributed by atoms with Crippen LogP contribution in [0.4, 0.5) is 0 Å². The van der Waals surface area contributed by atoms with Gasteiger partial charge >= 0.3 is 5.97 Å². The fourth-order valence-corrected chi connectivity index (χ4v) is 7.82. The molecule has 1 saturated carbocycles. The van der Waals surface area contributed by atoms with Crippen LogP contribution in [0.25, 0.3) is 5.57 Å². The van der Waals surface area contributed by atoms with Crippen LogP contribution >= 0.6 is 15.9 Å². The lowest BCUT2D eigenvalue weighted by Gasteiger charge is -2.59. The second-order valence-electron chi connectivity index (χ2n) is 10.4. The predicted octanol–water partition coefficient (Wildman–Crippen LogP) is 5.88. The highest BCUT2D eigenvalue weighted by Crippen LogP contribution is 2.69. The summed E-state index contributed by atoms with van der Waals surface area (Å²) in [6.45, 7) is 4.64. The van der Waals surface area contributed by atoms with E-state index < -0.39 is 16.8 Å². The number of carboxylic acid groups (broad SMARTS) is 1. The Morgan fingerprint density at radius 2 is 1.76 bits per heavy atom. The number of amides is 1. The molecule has 188 valence electrons. The minimum Gasteiger partial charge on any atom is -0.496 e. The van der Waals surface area contributed by atoms with Gasteiger partial charge in [0, 0.05) is 45.9 Å². The number of hydrogen-bond donors (Lipinski definition) is 1. The van der Waals surface area contributed by atoms with Crippen LogP contribution in [-0.2, 0) is 15.0 Å². The molecule has 3 aromatic carbocycles. The summed E-state index contributed by atoms with van der Waals surface area (Å²) in [7, 11) is 1.57. The molecule has 0 aromatic heterocycles. The standard InChI is InChI=1S/C31H28BrNO4/c1-19(22-7-4-6-10-26(22)37-2)28(34)33-17-27-30(20-11-13-21(32)14-12-20)16-15-25(31(27,18-33)29(35)36)23-8-3-5-9-24(23)30/h3-14,25,27H,1,15-18H2,2H3,(H,35,36). The summed E-state index contributed by atoms with van der Waals surface area (Å²) in [5, 5.41) is 10.9. The number of likely N-dealkylation sites (tertiary alicyclic amines) is 1. The number of benzene rings is 3. The number of ether oxygens (including phenoxy) is 1. The zero-order chi connectivity index (χ0) is 25.9. The van der Waals surface area contributed by atoms with Crippen molar-refractivity contribution < 1.29 is 19.4 Å². The second-order valence-corrected chi connectivity index (χ2v) is 11.3. The van der Waals surface area contributed by atoms with Crippen molar-refractivity contribution in [2.75, 3.05) is 20.2 Å². The first kappa shape index (κ1) is 24.0. The molecule has 7 rings (SSSR count).